The second kappa shape index (κ2) is 7.76. The molecular weight excluding hydrogens is 270 g/mol. The van der Waals surface area contributed by atoms with Gasteiger partial charge in [0.05, 0.1) is 6.61 Å². The van der Waals surface area contributed by atoms with E-state index in [-0.39, 0.29) is 6.61 Å². The maximum Gasteiger partial charge on any atom is 0.272 e. The number of nitrogens with one attached hydrogen (secondary N) is 1. The van der Waals surface area contributed by atoms with E-state index in [2.05, 4.69) is 5.32 Å². The van der Waals surface area contributed by atoms with Gasteiger partial charge in [-0.05, 0) is 18.6 Å². The molecule has 1 aromatic rings. The number of amides is 1. The van der Waals surface area contributed by atoms with Gasteiger partial charge in [-0.1, -0.05) is 6.07 Å². The van der Waals surface area contributed by atoms with E-state index in [4.69, 9.17) is 15.2 Å². The van der Waals surface area contributed by atoms with Gasteiger partial charge < -0.3 is 20.5 Å². The van der Waals surface area contributed by atoms with Crippen molar-refractivity contribution in [3.63, 3.8) is 0 Å². The lowest BCUT2D eigenvalue weighted by molar-refractivity contribution is -0.118. The summed E-state index contributed by atoms with van der Waals surface area (Å²) < 4.78 is 34.0. The zero-order valence-corrected chi connectivity index (χ0v) is 11.4. The van der Waals surface area contributed by atoms with Gasteiger partial charge in [0, 0.05) is 18.9 Å². The Morgan fingerprint density at radius 1 is 1.40 bits per heavy atom. The minimum absolute atomic E-state index is 0.0897. The van der Waals surface area contributed by atoms with Crippen molar-refractivity contribution in [1.29, 1.82) is 0 Å². The molecule has 1 rings (SSSR count). The van der Waals surface area contributed by atoms with Gasteiger partial charge in [-0.3, -0.25) is 4.79 Å². The van der Waals surface area contributed by atoms with Gasteiger partial charge in [0.2, 0.25) is 5.91 Å². The summed E-state index contributed by atoms with van der Waals surface area (Å²) in [7, 11) is 1.44. The van der Waals surface area contributed by atoms with Gasteiger partial charge >= 0.3 is 0 Å². The van der Waals surface area contributed by atoms with Crippen LogP contribution >= 0.6 is 0 Å². The summed E-state index contributed by atoms with van der Waals surface area (Å²) in [5, 5.41) is 2.57. The van der Waals surface area contributed by atoms with Crippen LogP contribution in [0.4, 0.5) is 14.5 Å². The lowest BCUT2D eigenvalue weighted by atomic mass is 10.2. The normalized spacial score (nSPS) is 12.3. The van der Waals surface area contributed by atoms with Crippen LogP contribution < -0.4 is 15.8 Å². The van der Waals surface area contributed by atoms with E-state index < -0.39 is 25.0 Å². The number of benzene rings is 1. The highest BCUT2D eigenvalue weighted by Gasteiger charge is 2.14. The Bertz CT molecular complexity index is 455. The number of anilines is 1. The summed E-state index contributed by atoms with van der Waals surface area (Å²) in [6.45, 7) is 1.12. The Morgan fingerprint density at radius 2 is 2.10 bits per heavy atom. The fourth-order valence-corrected chi connectivity index (χ4v) is 1.48. The third-order valence-corrected chi connectivity index (χ3v) is 2.50. The second-order valence-corrected chi connectivity index (χ2v) is 4.23. The van der Waals surface area contributed by atoms with Crippen LogP contribution in [-0.4, -0.2) is 38.7 Å². The Morgan fingerprint density at radius 3 is 2.70 bits per heavy atom. The summed E-state index contributed by atoms with van der Waals surface area (Å²) >= 11 is 0. The van der Waals surface area contributed by atoms with Crippen molar-refractivity contribution in [3.8, 4) is 5.75 Å². The molecule has 0 aliphatic heterocycles. The van der Waals surface area contributed by atoms with E-state index in [1.54, 1.807) is 19.1 Å². The van der Waals surface area contributed by atoms with E-state index >= 15 is 0 Å². The molecule has 5 nitrogen and oxygen atoms in total. The zero-order valence-electron chi connectivity index (χ0n) is 11.4. The van der Waals surface area contributed by atoms with Gasteiger partial charge in [-0.15, -0.1) is 0 Å². The summed E-state index contributed by atoms with van der Waals surface area (Å²) in [5.41, 5.74) is 6.70. The summed E-state index contributed by atoms with van der Waals surface area (Å²) in [4.78, 5) is 11.7. The molecule has 112 valence electrons. The molecule has 0 aliphatic carbocycles. The molecule has 0 aliphatic rings. The Hall–Kier alpha value is -1.73. The molecule has 0 bridgehead atoms. The zero-order chi connectivity index (χ0) is 15.1. The molecule has 0 heterocycles. The molecule has 0 radical (unpaired) electrons. The molecule has 20 heavy (non-hydrogen) atoms. The second-order valence-electron chi connectivity index (χ2n) is 4.23. The fraction of sp³-hybridized carbons (Fsp3) is 0.462. The van der Waals surface area contributed by atoms with Crippen molar-refractivity contribution >= 4 is 11.6 Å². The highest BCUT2D eigenvalue weighted by molar-refractivity contribution is 5.95. The number of aryl methyl sites for hydroxylation is 1. The van der Waals surface area contributed by atoms with Gasteiger partial charge in [0.15, 0.2) is 0 Å². The molecule has 0 spiro atoms. The first-order valence-corrected chi connectivity index (χ1v) is 6.01. The topological polar surface area (TPSA) is 73.6 Å². The van der Waals surface area contributed by atoms with Gasteiger partial charge in [0.1, 0.15) is 18.4 Å². The minimum atomic E-state index is -2.55. The van der Waals surface area contributed by atoms with Crippen LogP contribution in [0.15, 0.2) is 18.2 Å². The monoisotopic (exact) mass is 288 g/mol. The molecule has 0 saturated heterocycles. The number of rotatable bonds is 7. The number of ether oxygens (including phenoxy) is 2. The summed E-state index contributed by atoms with van der Waals surface area (Å²) in [6.07, 6.45) is -2.55. The molecular formula is C13H18F2N2O3. The van der Waals surface area contributed by atoms with Crippen LogP contribution in [0, 0.1) is 6.92 Å². The van der Waals surface area contributed by atoms with Crippen molar-refractivity contribution < 1.29 is 23.0 Å². The van der Waals surface area contributed by atoms with E-state index in [0.29, 0.717) is 17.0 Å². The van der Waals surface area contributed by atoms with E-state index in [1.165, 1.54) is 13.2 Å². The van der Waals surface area contributed by atoms with Crippen molar-refractivity contribution in [2.24, 2.45) is 5.73 Å². The van der Waals surface area contributed by atoms with Crippen LogP contribution in [-0.2, 0) is 9.53 Å². The van der Waals surface area contributed by atoms with Crippen LogP contribution in [0.3, 0.4) is 0 Å². The molecule has 3 N–H and O–H groups in total. The maximum absolute atomic E-state index is 12.1. The molecule has 1 unspecified atom stereocenters. The number of methoxy groups -OCH3 is 1. The number of carbonyl (C=O) groups excluding carboxylic acids is 1. The van der Waals surface area contributed by atoms with Crippen molar-refractivity contribution in [1.82, 2.24) is 0 Å². The number of hydrogen-bond acceptors (Lipinski definition) is 4. The predicted octanol–water partition coefficient (Wildman–Crippen LogP) is 1.55. The molecule has 1 aromatic carbocycles. The minimum Gasteiger partial charge on any atom is -0.487 e. The average Bonchev–Trinajstić information content (AvgIpc) is 2.39. The Labute approximate surface area is 116 Å². The van der Waals surface area contributed by atoms with Gasteiger partial charge in [0.25, 0.3) is 6.43 Å². The standard InChI is InChI=1S/C13H18F2N2O3/c1-8-3-4-9(5-11(8)20-7-12(14)15)17-13(18)10(16)6-19-2/h3-5,10,12H,6-7,16H2,1-2H3,(H,17,18). The quantitative estimate of drug-likeness (QED) is 0.798. The Balaban J connectivity index is 2.71. The van der Waals surface area contributed by atoms with Crippen molar-refractivity contribution in [2.45, 2.75) is 19.4 Å². The van der Waals surface area contributed by atoms with E-state index in [9.17, 15) is 13.6 Å². The predicted molar refractivity (Wildman–Crippen MR) is 71.2 cm³/mol. The first-order chi connectivity index (χ1) is 9.43. The number of halogens is 2. The highest BCUT2D eigenvalue weighted by Crippen LogP contribution is 2.23. The summed E-state index contributed by atoms with van der Waals surface area (Å²) in [6, 6.07) is 3.99. The highest BCUT2D eigenvalue weighted by atomic mass is 19.3. The van der Waals surface area contributed by atoms with Crippen LogP contribution in [0.2, 0.25) is 0 Å². The molecule has 0 aromatic heterocycles. The molecule has 7 heteroatoms. The molecule has 1 atom stereocenters. The molecule has 0 saturated carbocycles. The SMILES string of the molecule is COCC(N)C(=O)Nc1ccc(C)c(OCC(F)F)c1. The lowest BCUT2D eigenvalue weighted by Crippen LogP contribution is -2.39. The van der Waals surface area contributed by atoms with Crippen molar-refractivity contribution in [3.05, 3.63) is 23.8 Å². The molecule has 1 amide bonds. The van der Waals surface area contributed by atoms with Crippen LogP contribution in [0.1, 0.15) is 5.56 Å². The third kappa shape index (κ3) is 5.10. The number of alkyl halides is 2. The molecule has 0 fully saturated rings. The first kappa shape index (κ1) is 16.3. The van der Waals surface area contributed by atoms with E-state index in [0.717, 1.165) is 0 Å². The van der Waals surface area contributed by atoms with E-state index in [1.807, 2.05) is 0 Å². The maximum atomic E-state index is 12.1. The number of hydrogen-bond donors (Lipinski definition) is 2. The van der Waals surface area contributed by atoms with Crippen LogP contribution in [0.5, 0.6) is 5.75 Å². The van der Waals surface area contributed by atoms with Crippen molar-refractivity contribution in [2.75, 3.05) is 25.6 Å². The average molecular weight is 288 g/mol. The largest absolute Gasteiger partial charge is 0.487 e. The number of nitrogens with two attached hydrogens (primary N) is 1. The summed E-state index contributed by atoms with van der Waals surface area (Å²) in [5.74, 6) is -0.126. The first-order valence-electron chi connectivity index (χ1n) is 6.01. The van der Waals surface area contributed by atoms with Crippen LogP contribution in [0.25, 0.3) is 0 Å². The van der Waals surface area contributed by atoms with Gasteiger partial charge in [-0.2, -0.15) is 0 Å². The Kier molecular flexibility index (Phi) is 6.33. The number of carbonyl (C=O) groups is 1. The lowest BCUT2D eigenvalue weighted by Gasteiger charge is -2.14. The smallest absolute Gasteiger partial charge is 0.272 e. The fourth-order valence-electron chi connectivity index (χ4n) is 1.48. The van der Waals surface area contributed by atoms with Gasteiger partial charge in [-0.25, -0.2) is 8.78 Å². The third-order valence-electron chi connectivity index (χ3n) is 2.50.